The summed E-state index contributed by atoms with van der Waals surface area (Å²) in [5.74, 6) is 0.133. The van der Waals surface area contributed by atoms with Crippen molar-refractivity contribution in [3.63, 3.8) is 0 Å². The Morgan fingerprint density at radius 1 is 1.19 bits per heavy atom. The zero-order chi connectivity index (χ0) is 18.8. The Hall–Kier alpha value is -2.95. The average Bonchev–Trinajstić information content (AvgIpc) is 3.19. The number of nitrogens with zero attached hydrogens (tertiary/aromatic N) is 3. The van der Waals surface area contributed by atoms with Gasteiger partial charge in [-0.3, -0.25) is 9.78 Å². The standard InChI is InChI=1S/C22H23N3O2/c1-15(2)25(19-12-6-10-17-11-7-13-23-21(17)19)22(26)20-14-18(24-27-20)16-8-4-3-5-9-16/h3-5,7-9,11,13-15,19H,6,10,12H2,1-2H3. The van der Waals surface area contributed by atoms with Crippen molar-refractivity contribution in [3.8, 4) is 11.3 Å². The van der Waals surface area contributed by atoms with Gasteiger partial charge < -0.3 is 9.42 Å². The molecule has 0 bridgehead atoms. The molecule has 1 aromatic carbocycles. The van der Waals surface area contributed by atoms with Crippen molar-refractivity contribution in [3.05, 3.63) is 71.7 Å². The summed E-state index contributed by atoms with van der Waals surface area (Å²) in [6.45, 7) is 4.06. The summed E-state index contributed by atoms with van der Waals surface area (Å²) in [4.78, 5) is 19.8. The van der Waals surface area contributed by atoms with E-state index in [0.29, 0.717) is 5.69 Å². The lowest BCUT2D eigenvalue weighted by molar-refractivity contribution is 0.0534. The second kappa shape index (κ2) is 7.35. The lowest BCUT2D eigenvalue weighted by atomic mass is 9.90. The van der Waals surface area contributed by atoms with Gasteiger partial charge in [0.25, 0.3) is 5.91 Å². The molecule has 2 heterocycles. The minimum atomic E-state index is -0.136. The summed E-state index contributed by atoms with van der Waals surface area (Å²) in [7, 11) is 0. The molecule has 1 atom stereocenters. The van der Waals surface area contributed by atoms with Crippen LogP contribution in [0.3, 0.4) is 0 Å². The van der Waals surface area contributed by atoms with Crippen LogP contribution in [0.15, 0.2) is 59.3 Å². The monoisotopic (exact) mass is 361 g/mol. The van der Waals surface area contributed by atoms with Crippen LogP contribution in [0.5, 0.6) is 0 Å². The number of carbonyl (C=O) groups is 1. The van der Waals surface area contributed by atoms with Gasteiger partial charge in [0.15, 0.2) is 0 Å². The molecule has 5 nitrogen and oxygen atoms in total. The number of amides is 1. The number of hydrogen-bond donors (Lipinski definition) is 0. The second-order valence-electron chi connectivity index (χ2n) is 7.20. The van der Waals surface area contributed by atoms with Gasteiger partial charge in [-0.05, 0) is 44.7 Å². The van der Waals surface area contributed by atoms with Crippen LogP contribution in [0, 0.1) is 0 Å². The van der Waals surface area contributed by atoms with Crippen LogP contribution in [-0.2, 0) is 6.42 Å². The Balaban J connectivity index is 1.66. The van der Waals surface area contributed by atoms with E-state index in [1.54, 1.807) is 6.07 Å². The highest BCUT2D eigenvalue weighted by Crippen LogP contribution is 2.35. The van der Waals surface area contributed by atoms with Gasteiger partial charge in [0.2, 0.25) is 5.76 Å². The molecule has 138 valence electrons. The predicted molar refractivity (Wildman–Crippen MR) is 103 cm³/mol. The van der Waals surface area contributed by atoms with Crippen LogP contribution in [0.1, 0.15) is 54.5 Å². The zero-order valence-electron chi connectivity index (χ0n) is 15.6. The van der Waals surface area contributed by atoms with Crippen molar-refractivity contribution in [1.29, 1.82) is 0 Å². The van der Waals surface area contributed by atoms with Crippen LogP contribution < -0.4 is 0 Å². The third kappa shape index (κ3) is 3.37. The van der Waals surface area contributed by atoms with E-state index in [2.05, 4.69) is 16.2 Å². The topological polar surface area (TPSA) is 59.2 Å². The minimum absolute atomic E-state index is 0.0285. The molecule has 4 rings (SSSR count). The predicted octanol–water partition coefficient (Wildman–Crippen LogP) is 4.66. The average molecular weight is 361 g/mol. The molecule has 0 radical (unpaired) electrons. The second-order valence-corrected chi connectivity index (χ2v) is 7.20. The molecular weight excluding hydrogens is 338 g/mol. The quantitative estimate of drug-likeness (QED) is 0.678. The first-order chi connectivity index (χ1) is 13.1. The molecule has 0 aliphatic heterocycles. The summed E-state index contributed by atoms with van der Waals surface area (Å²) in [6, 6.07) is 15.5. The van der Waals surface area contributed by atoms with Crippen LogP contribution in [0.25, 0.3) is 11.3 Å². The highest BCUT2D eigenvalue weighted by Gasteiger charge is 2.34. The number of aromatic nitrogens is 2. The maximum atomic E-state index is 13.3. The molecule has 1 unspecified atom stereocenters. The SMILES string of the molecule is CC(C)N(C(=O)c1cc(-c2ccccc2)no1)C1CCCc2cccnc21. The molecule has 0 fully saturated rings. The van der Waals surface area contributed by atoms with E-state index in [-0.39, 0.29) is 23.8 Å². The van der Waals surface area contributed by atoms with Gasteiger partial charge >= 0.3 is 0 Å². The third-order valence-corrected chi connectivity index (χ3v) is 5.08. The fourth-order valence-corrected chi connectivity index (χ4v) is 3.84. The lowest BCUT2D eigenvalue weighted by Crippen LogP contribution is -2.41. The largest absolute Gasteiger partial charge is 0.350 e. The van der Waals surface area contributed by atoms with Gasteiger partial charge in [0.05, 0.1) is 11.7 Å². The molecule has 1 aliphatic carbocycles. The van der Waals surface area contributed by atoms with E-state index in [4.69, 9.17) is 4.52 Å². The van der Waals surface area contributed by atoms with Crippen LogP contribution in [-0.4, -0.2) is 27.0 Å². The van der Waals surface area contributed by atoms with Crippen molar-refractivity contribution in [2.24, 2.45) is 0 Å². The van der Waals surface area contributed by atoms with Gasteiger partial charge in [0.1, 0.15) is 5.69 Å². The number of benzene rings is 1. The number of hydrogen-bond acceptors (Lipinski definition) is 4. The third-order valence-electron chi connectivity index (χ3n) is 5.08. The first kappa shape index (κ1) is 17.5. The molecule has 0 saturated heterocycles. The van der Waals surface area contributed by atoms with Crippen LogP contribution >= 0.6 is 0 Å². The number of carbonyl (C=O) groups excluding carboxylic acids is 1. The van der Waals surface area contributed by atoms with Crippen molar-refractivity contribution < 1.29 is 9.32 Å². The fourth-order valence-electron chi connectivity index (χ4n) is 3.84. The van der Waals surface area contributed by atoms with Crippen LogP contribution in [0.4, 0.5) is 0 Å². The van der Waals surface area contributed by atoms with Gasteiger partial charge in [-0.2, -0.15) is 0 Å². The van der Waals surface area contributed by atoms with Gasteiger partial charge in [-0.25, -0.2) is 0 Å². The molecular formula is C22H23N3O2. The Morgan fingerprint density at radius 3 is 2.78 bits per heavy atom. The summed E-state index contributed by atoms with van der Waals surface area (Å²) in [5, 5.41) is 4.10. The van der Waals surface area contributed by atoms with E-state index in [0.717, 1.165) is 30.5 Å². The van der Waals surface area contributed by atoms with Crippen molar-refractivity contribution >= 4 is 5.91 Å². The fraction of sp³-hybridized carbons (Fsp3) is 0.318. The maximum Gasteiger partial charge on any atom is 0.293 e. The zero-order valence-corrected chi connectivity index (χ0v) is 15.6. The van der Waals surface area contributed by atoms with Gasteiger partial charge in [0, 0.05) is 23.9 Å². The lowest BCUT2D eigenvalue weighted by Gasteiger charge is -2.37. The van der Waals surface area contributed by atoms with Crippen LogP contribution in [0.2, 0.25) is 0 Å². The number of rotatable bonds is 4. The summed E-state index contributed by atoms with van der Waals surface area (Å²) < 4.78 is 5.43. The number of pyridine rings is 1. The van der Waals surface area contributed by atoms with E-state index in [1.165, 1.54) is 5.56 Å². The molecule has 0 N–H and O–H groups in total. The number of aryl methyl sites for hydroxylation is 1. The van der Waals surface area contributed by atoms with Crippen molar-refractivity contribution in [2.45, 2.75) is 45.2 Å². The van der Waals surface area contributed by atoms with Gasteiger partial charge in [-0.15, -0.1) is 0 Å². The van der Waals surface area contributed by atoms with Crippen molar-refractivity contribution in [1.82, 2.24) is 15.0 Å². The first-order valence-corrected chi connectivity index (χ1v) is 9.43. The van der Waals surface area contributed by atoms with E-state index < -0.39 is 0 Å². The molecule has 2 aromatic heterocycles. The molecule has 1 aliphatic rings. The first-order valence-electron chi connectivity index (χ1n) is 9.43. The highest BCUT2D eigenvalue weighted by atomic mass is 16.5. The summed E-state index contributed by atoms with van der Waals surface area (Å²) in [6.07, 6.45) is 4.78. The van der Waals surface area contributed by atoms with E-state index in [1.807, 2.05) is 61.3 Å². The Morgan fingerprint density at radius 2 is 2.00 bits per heavy atom. The molecule has 0 spiro atoms. The molecule has 3 aromatic rings. The molecule has 1 amide bonds. The van der Waals surface area contributed by atoms with Gasteiger partial charge in [-0.1, -0.05) is 41.6 Å². The Labute approximate surface area is 159 Å². The smallest absolute Gasteiger partial charge is 0.293 e. The van der Waals surface area contributed by atoms with E-state index in [9.17, 15) is 4.79 Å². The molecule has 27 heavy (non-hydrogen) atoms. The molecule has 5 heteroatoms. The maximum absolute atomic E-state index is 13.3. The molecule has 0 saturated carbocycles. The minimum Gasteiger partial charge on any atom is -0.350 e. The van der Waals surface area contributed by atoms with E-state index >= 15 is 0 Å². The number of fused-ring (bicyclic) bond motifs is 1. The normalized spacial score (nSPS) is 16.2. The van der Waals surface area contributed by atoms with Crippen molar-refractivity contribution in [2.75, 3.05) is 0 Å². The highest BCUT2D eigenvalue weighted by molar-refractivity contribution is 5.93. The summed E-state index contributed by atoms with van der Waals surface area (Å²) in [5.41, 5.74) is 3.84. The summed E-state index contributed by atoms with van der Waals surface area (Å²) >= 11 is 0. The Bertz CT molecular complexity index is 933. The Kier molecular flexibility index (Phi) is 4.75.